The SMILES string of the molecule is CC(=O)NC(CCc1ccc(-c2ncn(-c3ccc(OC(F)(F)F)cc3)n2)cc1)CC(=O)N=C1SCC(=O)N1c1cc(C)ccc1C. The third-order valence-corrected chi connectivity index (χ3v) is 8.16. The van der Waals surface area contributed by atoms with E-state index in [0.717, 1.165) is 22.3 Å². The van der Waals surface area contributed by atoms with E-state index in [4.69, 9.17) is 0 Å². The van der Waals surface area contributed by atoms with Gasteiger partial charge in [0, 0.05) is 24.9 Å². The summed E-state index contributed by atoms with van der Waals surface area (Å²) in [7, 11) is 0. The summed E-state index contributed by atoms with van der Waals surface area (Å²) in [5.74, 6) is -0.569. The zero-order valence-electron chi connectivity index (χ0n) is 25.7. The third-order valence-electron chi connectivity index (χ3n) is 7.24. The fourth-order valence-corrected chi connectivity index (χ4v) is 5.88. The van der Waals surface area contributed by atoms with Crippen LogP contribution in [0.15, 0.2) is 78.0 Å². The first-order valence-electron chi connectivity index (χ1n) is 14.6. The van der Waals surface area contributed by atoms with Crippen molar-refractivity contribution in [2.75, 3.05) is 10.7 Å². The molecule has 14 heteroatoms. The maximum Gasteiger partial charge on any atom is 0.573 e. The Morgan fingerprint density at radius 3 is 2.47 bits per heavy atom. The van der Waals surface area contributed by atoms with Gasteiger partial charge in [-0.15, -0.1) is 18.3 Å². The Balaban J connectivity index is 1.21. The Morgan fingerprint density at radius 2 is 1.79 bits per heavy atom. The van der Waals surface area contributed by atoms with E-state index in [1.165, 1.54) is 58.9 Å². The van der Waals surface area contributed by atoms with Crippen LogP contribution < -0.4 is 15.0 Å². The standard InChI is InChI=1S/C33H31F3N6O4S/c1-20-4-5-21(2)28(16-20)42-30(45)18-47-32(42)39-29(44)17-25(38-22(3)43)11-8-23-6-9-24(10-7-23)31-37-19-41(40-31)26-12-14-27(15-13-26)46-33(34,35)36/h4-7,9-10,12-16,19,25H,8,11,17-18H2,1-3H3,(H,38,43). The number of aliphatic imine (C=N–C) groups is 1. The number of aryl methyl sites for hydroxylation is 3. The zero-order chi connectivity index (χ0) is 33.7. The number of nitrogens with zero attached hydrogens (tertiary/aromatic N) is 5. The Labute approximate surface area is 273 Å². The molecule has 0 bridgehead atoms. The quantitative estimate of drug-likeness (QED) is 0.223. The van der Waals surface area contributed by atoms with Gasteiger partial charge in [0.25, 0.3) is 0 Å². The van der Waals surface area contributed by atoms with E-state index < -0.39 is 18.3 Å². The monoisotopic (exact) mass is 664 g/mol. The molecule has 1 N–H and O–H groups in total. The largest absolute Gasteiger partial charge is 0.573 e. The molecule has 5 rings (SSSR count). The van der Waals surface area contributed by atoms with E-state index in [1.54, 1.807) is 0 Å². The Hall–Kier alpha value is -4.98. The molecule has 1 unspecified atom stereocenters. The molecule has 1 saturated heterocycles. The summed E-state index contributed by atoms with van der Waals surface area (Å²) in [6.45, 7) is 5.22. The minimum absolute atomic E-state index is 0.0266. The Morgan fingerprint density at radius 1 is 1.06 bits per heavy atom. The zero-order valence-corrected chi connectivity index (χ0v) is 26.6. The number of amides is 3. The number of thioether (sulfide) groups is 1. The van der Waals surface area contributed by atoms with Gasteiger partial charge in [-0.05, 0) is 73.7 Å². The van der Waals surface area contributed by atoms with Crippen LogP contribution >= 0.6 is 11.8 Å². The molecule has 1 atom stereocenters. The van der Waals surface area contributed by atoms with Crippen LogP contribution in [0.5, 0.6) is 5.75 Å². The highest BCUT2D eigenvalue weighted by Gasteiger charge is 2.32. The molecule has 1 aliphatic rings. The summed E-state index contributed by atoms with van der Waals surface area (Å²) >= 11 is 1.21. The molecule has 244 valence electrons. The number of carbonyl (C=O) groups excluding carboxylic acids is 3. The molecule has 1 aliphatic heterocycles. The maximum atomic E-state index is 13.1. The van der Waals surface area contributed by atoms with Crippen LogP contribution in [0.3, 0.4) is 0 Å². The van der Waals surface area contributed by atoms with Gasteiger partial charge in [0.15, 0.2) is 11.0 Å². The number of ether oxygens (including phenoxy) is 1. The number of halogens is 3. The molecule has 0 saturated carbocycles. The van der Waals surface area contributed by atoms with Gasteiger partial charge in [-0.2, -0.15) is 4.99 Å². The molecular weight excluding hydrogens is 633 g/mol. The number of amidine groups is 1. The molecular formula is C33H31F3N6O4S. The van der Waals surface area contributed by atoms with Gasteiger partial charge >= 0.3 is 6.36 Å². The molecule has 1 fully saturated rings. The van der Waals surface area contributed by atoms with Crippen LogP contribution in [0.1, 0.15) is 36.5 Å². The normalized spacial score (nSPS) is 14.8. The first-order valence-corrected chi connectivity index (χ1v) is 15.6. The highest BCUT2D eigenvalue weighted by atomic mass is 32.2. The van der Waals surface area contributed by atoms with E-state index in [-0.39, 0.29) is 29.7 Å². The fourth-order valence-electron chi connectivity index (χ4n) is 5.00. The average Bonchev–Trinajstić information content (AvgIpc) is 3.64. The van der Waals surface area contributed by atoms with E-state index in [1.807, 2.05) is 56.3 Å². The van der Waals surface area contributed by atoms with Gasteiger partial charge in [0.05, 0.1) is 17.1 Å². The van der Waals surface area contributed by atoms with Gasteiger partial charge in [-0.1, -0.05) is 48.2 Å². The molecule has 2 heterocycles. The van der Waals surface area contributed by atoms with Crippen LogP contribution in [0.4, 0.5) is 18.9 Å². The van der Waals surface area contributed by atoms with Crippen molar-refractivity contribution in [1.29, 1.82) is 0 Å². The van der Waals surface area contributed by atoms with Crippen molar-refractivity contribution < 1.29 is 32.3 Å². The van der Waals surface area contributed by atoms with Crippen LogP contribution in [0, 0.1) is 13.8 Å². The molecule has 3 aromatic carbocycles. The van der Waals surface area contributed by atoms with Gasteiger partial charge in [0.2, 0.25) is 17.7 Å². The summed E-state index contributed by atoms with van der Waals surface area (Å²) in [4.78, 5) is 47.8. The minimum Gasteiger partial charge on any atom is -0.406 e. The van der Waals surface area contributed by atoms with Crippen LogP contribution in [0.2, 0.25) is 0 Å². The second kappa shape index (κ2) is 14.2. The lowest BCUT2D eigenvalue weighted by Crippen LogP contribution is -2.35. The van der Waals surface area contributed by atoms with Crippen LogP contribution in [-0.4, -0.2) is 55.8 Å². The number of nitrogens with one attached hydrogen (secondary N) is 1. The van der Waals surface area contributed by atoms with Crippen LogP contribution in [0.25, 0.3) is 17.1 Å². The molecule has 0 radical (unpaired) electrons. The summed E-state index contributed by atoms with van der Waals surface area (Å²) in [5.41, 5.74) is 4.77. The highest BCUT2D eigenvalue weighted by Crippen LogP contribution is 2.30. The summed E-state index contributed by atoms with van der Waals surface area (Å²) in [6.07, 6.45) is -2.30. The Bertz CT molecular complexity index is 1810. The van der Waals surface area contributed by atoms with E-state index in [9.17, 15) is 27.6 Å². The van der Waals surface area contributed by atoms with Gasteiger partial charge in [-0.25, -0.2) is 9.67 Å². The first kappa shape index (κ1) is 33.4. The second-order valence-corrected chi connectivity index (χ2v) is 11.9. The van der Waals surface area contributed by atoms with E-state index in [2.05, 4.69) is 25.1 Å². The lowest BCUT2D eigenvalue weighted by molar-refractivity contribution is -0.274. The number of rotatable bonds is 10. The van der Waals surface area contributed by atoms with Crippen molar-refractivity contribution in [2.45, 2.75) is 52.4 Å². The van der Waals surface area contributed by atoms with E-state index >= 15 is 0 Å². The lowest BCUT2D eigenvalue weighted by atomic mass is 10.0. The Kier molecular flexibility index (Phi) is 10.1. The lowest BCUT2D eigenvalue weighted by Gasteiger charge is -2.20. The number of anilines is 1. The molecule has 4 aromatic rings. The molecule has 0 spiro atoms. The molecule has 3 amide bonds. The first-order chi connectivity index (χ1) is 22.3. The molecule has 1 aromatic heterocycles. The van der Waals surface area contributed by atoms with E-state index in [0.29, 0.717) is 35.2 Å². The van der Waals surface area contributed by atoms with Crippen LogP contribution in [-0.2, 0) is 20.8 Å². The molecule has 47 heavy (non-hydrogen) atoms. The predicted octanol–water partition coefficient (Wildman–Crippen LogP) is 5.94. The van der Waals surface area contributed by atoms with Gasteiger partial charge in [-0.3, -0.25) is 19.3 Å². The topological polar surface area (TPSA) is 119 Å². The number of hydrogen-bond acceptors (Lipinski definition) is 7. The smallest absolute Gasteiger partial charge is 0.406 e. The van der Waals surface area contributed by atoms with Crippen molar-refractivity contribution in [3.63, 3.8) is 0 Å². The van der Waals surface area contributed by atoms with Gasteiger partial charge in [0.1, 0.15) is 12.1 Å². The van der Waals surface area contributed by atoms with Crippen molar-refractivity contribution in [3.05, 3.63) is 89.7 Å². The number of carbonyl (C=O) groups is 3. The maximum absolute atomic E-state index is 13.1. The van der Waals surface area contributed by atoms with Gasteiger partial charge < -0.3 is 10.1 Å². The van der Waals surface area contributed by atoms with Crippen molar-refractivity contribution >= 4 is 40.3 Å². The minimum atomic E-state index is -4.77. The number of hydrogen-bond donors (Lipinski definition) is 1. The summed E-state index contributed by atoms with van der Waals surface area (Å²) in [6, 6.07) is 18.1. The summed E-state index contributed by atoms with van der Waals surface area (Å²) in [5, 5.41) is 7.59. The third kappa shape index (κ3) is 8.85. The summed E-state index contributed by atoms with van der Waals surface area (Å²) < 4.78 is 42.7. The average molecular weight is 665 g/mol. The van der Waals surface area contributed by atoms with Crippen molar-refractivity contribution in [1.82, 2.24) is 20.1 Å². The molecule has 0 aliphatic carbocycles. The highest BCUT2D eigenvalue weighted by molar-refractivity contribution is 8.15. The second-order valence-electron chi connectivity index (χ2n) is 11.0. The fraction of sp³-hybridized carbons (Fsp3) is 0.273. The number of alkyl halides is 3. The number of benzene rings is 3. The molecule has 10 nitrogen and oxygen atoms in total. The van der Waals surface area contributed by atoms with Crippen molar-refractivity contribution in [2.24, 2.45) is 4.99 Å². The van der Waals surface area contributed by atoms with Crippen molar-refractivity contribution in [3.8, 4) is 22.8 Å². The predicted molar refractivity (Wildman–Crippen MR) is 172 cm³/mol. The number of aromatic nitrogens is 3.